The molecule has 13 heavy (non-hydrogen) atoms. The first-order chi connectivity index (χ1) is 6.04. The first-order valence-electron chi connectivity index (χ1n) is 3.51. The molecule has 0 aromatic carbocycles. The Kier molecular flexibility index (Phi) is 2.27. The van der Waals surface area contributed by atoms with Gasteiger partial charge in [0.25, 0.3) is 5.91 Å². The molecule has 0 saturated heterocycles. The molecule has 0 unspecified atom stereocenters. The number of carbonyl (C=O) groups excluding carboxylic acids is 1. The average molecular weight is 180 g/mol. The van der Waals surface area contributed by atoms with Gasteiger partial charge in [0.15, 0.2) is 0 Å². The lowest BCUT2D eigenvalue weighted by Crippen LogP contribution is -2.15. The maximum absolute atomic E-state index is 10.8. The van der Waals surface area contributed by atoms with Gasteiger partial charge in [-0.15, -0.1) is 0 Å². The van der Waals surface area contributed by atoms with Gasteiger partial charge in [0.2, 0.25) is 0 Å². The quantitative estimate of drug-likeness (QED) is 0.679. The number of nitrogens with two attached hydrogens (primary N) is 1. The number of nitrogens with zero attached hydrogens (tertiary/aromatic N) is 1. The number of rotatable bonds is 2. The summed E-state index contributed by atoms with van der Waals surface area (Å²) in [6.45, 7) is 1.52. The van der Waals surface area contributed by atoms with Crippen LogP contribution in [0.5, 0.6) is 0 Å². The molecule has 0 bridgehead atoms. The van der Waals surface area contributed by atoms with E-state index in [-0.39, 0.29) is 11.1 Å². The first-order valence-corrected chi connectivity index (χ1v) is 3.51. The molecule has 3 N–H and O–H groups in total. The van der Waals surface area contributed by atoms with E-state index < -0.39 is 11.9 Å². The van der Waals surface area contributed by atoms with Gasteiger partial charge in [0.05, 0.1) is 11.1 Å². The maximum Gasteiger partial charge on any atom is 0.337 e. The van der Waals surface area contributed by atoms with Crippen LogP contribution in [0, 0.1) is 6.92 Å². The second kappa shape index (κ2) is 3.22. The summed E-state index contributed by atoms with van der Waals surface area (Å²) in [4.78, 5) is 25.0. The number of carbonyl (C=O) groups is 2. The maximum atomic E-state index is 10.8. The highest BCUT2D eigenvalue weighted by atomic mass is 16.4. The largest absolute Gasteiger partial charge is 0.478 e. The van der Waals surface area contributed by atoms with Crippen LogP contribution in [-0.2, 0) is 0 Å². The first kappa shape index (κ1) is 9.18. The zero-order valence-corrected chi connectivity index (χ0v) is 6.94. The van der Waals surface area contributed by atoms with Crippen LogP contribution in [0.25, 0.3) is 0 Å². The molecule has 0 fully saturated rings. The van der Waals surface area contributed by atoms with Crippen molar-refractivity contribution in [1.82, 2.24) is 4.98 Å². The van der Waals surface area contributed by atoms with Crippen LogP contribution >= 0.6 is 0 Å². The van der Waals surface area contributed by atoms with E-state index in [1.807, 2.05) is 0 Å². The van der Waals surface area contributed by atoms with Crippen LogP contribution in [0.3, 0.4) is 0 Å². The number of hydrogen-bond acceptors (Lipinski definition) is 3. The van der Waals surface area contributed by atoms with Crippen molar-refractivity contribution in [3.05, 3.63) is 29.1 Å². The van der Waals surface area contributed by atoms with Gasteiger partial charge < -0.3 is 10.8 Å². The Bertz CT molecular complexity index is 341. The van der Waals surface area contributed by atoms with E-state index in [1.165, 1.54) is 19.3 Å². The van der Waals surface area contributed by atoms with Crippen LogP contribution < -0.4 is 5.73 Å². The van der Waals surface area contributed by atoms with E-state index >= 15 is 0 Å². The lowest BCUT2D eigenvalue weighted by molar-refractivity contribution is 0.0695. The second-order valence-corrected chi connectivity index (χ2v) is 2.53. The molecule has 1 amide bonds. The fourth-order valence-corrected chi connectivity index (χ4v) is 0.989. The summed E-state index contributed by atoms with van der Waals surface area (Å²) in [6.07, 6.45) is 2.44. The minimum atomic E-state index is -1.12. The van der Waals surface area contributed by atoms with Crippen LogP contribution in [0.15, 0.2) is 12.4 Å². The predicted octanol–water partition coefficient (Wildman–Crippen LogP) is 0.187. The van der Waals surface area contributed by atoms with Crippen molar-refractivity contribution < 1.29 is 14.7 Å². The van der Waals surface area contributed by atoms with Gasteiger partial charge >= 0.3 is 5.97 Å². The molecule has 5 nitrogen and oxygen atoms in total. The smallest absolute Gasteiger partial charge is 0.337 e. The number of amides is 1. The Balaban J connectivity index is 3.35. The van der Waals surface area contributed by atoms with E-state index in [4.69, 9.17) is 10.8 Å². The Morgan fingerprint density at radius 2 is 1.92 bits per heavy atom. The Hall–Kier alpha value is -1.91. The fraction of sp³-hybridized carbons (Fsp3) is 0.125. The van der Waals surface area contributed by atoms with E-state index in [1.54, 1.807) is 0 Å². The van der Waals surface area contributed by atoms with Gasteiger partial charge in [-0.05, 0) is 12.5 Å². The molecule has 0 aliphatic carbocycles. The van der Waals surface area contributed by atoms with E-state index in [2.05, 4.69) is 4.98 Å². The molecule has 0 aliphatic heterocycles. The summed E-state index contributed by atoms with van der Waals surface area (Å²) in [5.74, 6) is -1.79. The summed E-state index contributed by atoms with van der Waals surface area (Å²) >= 11 is 0. The molecule has 5 heteroatoms. The van der Waals surface area contributed by atoms with E-state index in [9.17, 15) is 9.59 Å². The molecule has 0 aliphatic rings. The minimum absolute atomic E-state index is 0.00343. The van der Waals surface area contributed by atoms with Gasteiger partial charge in [-0.1, -0.05) is 0 Å². The monoisotopic (exact) mass is 180 g/mol. The van der Waals surface area contributed by atoms with Gasteiger partial charge in [-0.3, -0.25) is 9.78 Å². The zero-order chi connectivity index (χ0) is 10.0. The number of carboxylic acids is 1. The standard InChI is InChI=1S/C8H8N2O3/c1-4-5(7(9)11)2-10-3-6(4)8(12)13/h2-3H,1H3,(H2,9,11)(H,12,13). The Morgan fingerprint density at radius 3 is 2.38 bits per heavy atom. The van der Waals surface area contributed by atoms with Crippen LogP contribution in [-0.4, -0.2) is 22.0 Å². The third-order valence-corrected chi connectivity index (χ3v) is 1.71. The second-order valence-electron chi connectivity index (χ2n) is 2.53. The summed E-state index contributed by atoms with van der Waals surface area (Å²) in [5, 5.41) is 8.68. The van der Waals surface area contributed by atoms with Crippen molar-refractivity contribution in [1.29, 1.82) is 0 Å². The van der Waals surface area contributed by atoms with Crippen molar-refractivity contribution in [2.45, 2.75) is 6.92 Å². The summed E-state index contributed by atoms with van der Waals surface area (Å²) in [7, 11) is 0. The molecule has 0 spiro atoms. The topological polar surface area (TPSA) is 93.3 Å². The van der Waals surface area contributed by atoms with Gasteiger partial charge in [-0.2, -0.15) is 0 Å². The highest BCUT2D eigenvalue weighted by molar-refractivity contribution is 5.98. The van der Waals surface area contributed by atoms with Gasteiger partial charge in [-0.25, -0.2) is 4.79 Å². The number of aromatic nitrogens is 1. The molecule has 1 rings (SSSR count). The zero-order valence-electron chi connectivity index (χ0n) is 6.94. The van der Waals surface area contributed by atoms with Crippen LogP contribution in [0.2, 0.25) is 0 Å². The molecule has 1 aromatic rings. The van der Waals surface area contributed by atoms with Crippen molar-refractivity contribution >= 4 is 11.9 Å². The summed E-state index contributed by atoms with van der Waals surface area (Å²) < 4.78 is 0. The lowest BCUT2D eigenvalue weighted by atomic mass is 10.1. The van der Waals surface area contributed by atoms with E-state index in [0.717, 1.165) is 0 Å². The Labute approximate surface area is 74.2 Å². The number of carboxylic acid groups (broad SMARTS) is 1. The SMILES string of the molecule is Cc1c(C(N)=O)cncc1C(=O)O. The predicted molar refractivity (Wildman–Crippen MR) is 44.5 cm³/mol. The third kappa shape index (κ3) is 1.64. The highest BCUT2D eigenvalue weighted by Gasteiger charge is 2.13. The van der Waals surface area contributed by atoms with Crippen LogP contribution in [0.4, 0.5) is 0 Å². The molecule has 1 heterocycles. The number of hydrogen-bond donors (Lipinski definition) is 2. The number of primary amides is 1. The summed E-state index contributed by atoms with van der Waals surface area (Å²) in [6, 6.07) is 0. The molecular formula is C8H8N2O3. The Morgan fingerprint density at radius 1 is 1.38 bits per heavy atom. The summed E-state index contributed by atoms with van der Waals surface area (Å²) in [5.41, 5.74) is 5.49. The van der Waals surface area contributed by atoms with E-state index in [0.29, 0.717) is 5.56 Å². The molecule has 0 saturated carbocycles. The average Bonchev–Trinajstić information content (AvgIpc) is 2.03. The molecule has 1 aromatic heterocycles. The van der Waals surface area contributed by atoms with Crippen LogP contribution in [0.1, 0.15) is 26.3 Å². The van der Waals surface area contributed by atoms with Crippen molar-refractivity contribution in [3.8, 4) is 0 Å². The van der Waals surface area contributed by atoms with Crippen molar-refractivity contribution in [2.75, 3.05) is 0 Å². The normalized spacial score (nSPS) is 9.62. The number of aromatic carboxylic acids is 1. The molecule has 0 radical (unpaired) electrons. The third-order valence-electron chi connectivity index (χ3n) is 1.71. The molecular weight excluding hydrogens is 172 g/mol. The lowest BCUT2D eigenvalue weighted by Gasteiger charge is -2.03. The van der Waals surface area contributed by atoms with Crippen molar-refractivity contribution in [2.24, 2.45) is 5.73 Å². The highest BCUT2D eigenvalue weighted by Crippen LogP contribution is 2.10. The fourth-order valence-electron chi connectivity index (χ4n) is 0.989. The molecule has 0 atom stereocenters. The van der Waals surface area contributed by atoms with Gasteiger partial charge in [0, 0.05) is 12.4 Å². The minimum Gasteiger partial charge on any atom is -0.478 e. The van der Waals surface area contributed by atoms with Gasteiger partial charge in [0.1, 0.15) is 0 Å². The molecule has 68 valence electrons. The number of pyridine rings is 1. The van der Waals surface area contributed by atoms with Crippen molar-refractivity contribution in [3.63, 3.8) is 0 Å².